The summed E-state index contributed by atoms with van der Waals surface area (Å²) in [5.41, 5.74) is 9.40. The summed E-state index contributed by atoms with van der Waals surface area (Å²) in [5, 5.41) is 0. The smallest absolute Gasteiger partial charge is 0.156 e. The van der Waals surface area contributed by atoms with Crippen LogP contribution < -0.4 is 10.6 Å². The highest BCUT2D eigenvalue weighted by molar-refractivity contribution is 5.73. The molecule has 0 fully saturated rings. The Balaban J connectivity index is 2.11. The maximum Gasteiger partial charge on any atom is 0.156 e. The maximum absolute atomic E-state index is 6.05. The van der Waals surface area contributed by atoms with Crippen molar-refractivity contribution in [2.24, 2.45) is 5.92 Å². The summed E-state index contributed by atoms with van der Waals surface area (Å²) in [7, 11) is 0. The van der Waals surface area contributed by atoms with Gasteiger partial charge < -0.3 is 10.6 Å². The number of nitrogens with zero attached hydrogens (tertiary/aromatic N) is 2. The van der Waals surface area contributed by atoms with Crippen molar-refractivity contribution in [1.29, 1.82) is 0 Å². The lowest BCUT2D eigenvalue weighted by Gasteiger charge is -2.34. The van der Waals surface area contributed by atoms with Gasteiger partial charge in [0.2, 0.25) is 0 Å². The zero-order valence-corrected chi connectivity index (χ0v) is 10.5. The molecule has 0 bridgehead atoms. The van der Waals surface area contributed by atoms with Gasteiger partial charge >= 0.3 is 0 Å². The third-order valence-electron chi connectivity index (χ3n) is 3.42. The Morgan fingerprint density at radius 2 is 2.06 bits per heavy atom. The molecule has 2 aromatic rings. The highest BCUT2D eigenvalue weighted by atomic mass is 15.2. The van der Waals surface area contributed by atoms with Crippen LogP contribution in [0.15, 0.2) is 42.6 Å². The van der Waals surface area contributed by atoms with Crippen molar-refractivity contribution < 1.29 is 0 Å². The minimum absolute atomic E-state index is 0.612. The molecule has 1 unspecified atom stereocenters. The van der Waals surface area contributed by atoms with Crippen LogP contribution in [0.5, 0.6) is 0 Å². The SMILES string of the molecule is CC1Cc2ccccc2N(c2ncccc2N)C1. The molecule has 0 aliphatic carbocycles. The normalized spacial score (nSPS) is 18.5. The third kappa shape index (κ3) is 1.82. The van der Waals surface area contributed by atoms with E-state index < -0.39 is 0 Å². The van der Waals surface area contributed by atoms with E-state index in [1.165, 1.54) is 11.3 Å². The molecular weight excluding hydrogens is 222 g/mol. The van der Waals surface area contributed by atoms with E-state index in [-0.39, 0.29) is 0 Å². The monoisotopic (exact) mass is 239 g/mol. The van der Waals surface area contributed by atoms with Crippen LogP contribution in [0.1, 0.15) is 12.5 Å². The number of para-hydroxylation sites is 1. The van der Waals surface area contributed by atoms with E-state index in [0.29, 0.717) is 5.92 Å². The van der Waals surface area contributed by atoms with Crippen LogP contribution in [0.4, 0.5) is 17.2 Å². The fraction of sp³-hybridized carbons (Fsp3) is 0.267. The summed E-state index contributed by atoms with van der Waals surface area (Å²) in [6, 6.07) is 12.3. The molecule has 3 nitrogen and oxygen atoms in total. The Hall–Kier alpha value is -2.03. The Kier molecular flexibility index (Phi) is 2.67. The Morgan fingerprint density at radius 3 is 2.89 bits per heavy atom. The number of aromatic nitrogens is 1. The predicted octanol–water partition coefficient (Wildman–Crippen LogP) is 2.99. The van der Waals surface area contributed by atoms with Crippen molar-refractivity contribution >= 4 is 17.2 Å². The van der Waals surface area contributed by atoms with Crippen molar-refractivity contribution in [3.8, 4) is 0 Å². The first-order valence-electron chi connectivity index (χ1n) is 6.31. The van der Waals surface area contributed by atoms with Crippen molar-refractivity contribution in [2.75, 3.05) is 17.2 Å². The van der Waals surface area contributed by atoms with Gasteiger partial charge in [0.05, 0.1) is 5.69 Å². The number of hydrogen-bond donors (Lipinski definition) is 1. The van der Waals surface area contributed by atoms with Gasteiger partial charge in [0.25, 0.3) is 0 Å². The van der Waals surface area contributed by atoms with E-state index in [2.05, 4.69) is 41.1 Å². The van der Waals surface area contributed by atoms with E-state index in [1.54, 1.807) is 6.20 Å². The molecule has 92 valence electrons. The lowest BCUT2D eigenvalue weighted by molar-refractivity contribution is 0.560. The summed E-state index contributed by atoms with van der Waals surface area (Å²) in [6.45, 7) is 3.24. The fourth-order valence-electron chi connectivity index (χ4n) is 2.63. The summed E-state index contributed by atoms with van der Waals surface area (Å²) in [6.07, 6.45) is 2.92. The summed E-state index contributed by atoms with van der Waals surface area (Å²) < 4.78 is 0. The molecule has 18 heavy (non-hydrogen) atoms. The number of benzene rings is 1. The van der Waals surface area contributed by atoms with Crippen LogP contribution in [-0.2, 0) is 6.42 Å². The van der Waals surface area contributed by atoms with E-state index >= 15 is 0 Å². The second-order valence-corrected chi connectivity index (χ2v) is 4.96. The summed E-state index contributed by atoms with van der Waals surface area (Å²) in [5.74, 6) is 1.48. The third-order valence-corrected chi connectivity index (χ3v) is 3.42. The van der Waals surface area contributed by atoms with Crippen LogP contribution in [0.2, 0.25) is 0 Å². The standard InChI is InChI=1S/C15H17N3/c1-11-9-12-5-2-3-7-14(12)18(10-11)15-13(16)6-4-8-17-15/h2-8,11H,9-10,16H2,1H3. The van der Waals surface area contributed by atoms with Gasteiger partial charge in [0.1, 0.15) is 0 Å². The molecule has 1 atom stereocenters. The molecule has 3 rings (SSSR count). The largest absolute Gasteiger partial charge is 0.396 e. The molecule has 0 spiro atoms. The second-order valence-electron chi connectivity index (χ2n) is 4.96. The predicted molar refractivity (Wildman–Crippen MR) is 75.0 cm³/mol. The Bertz CT molecular complexity index is 565. The average molecular weight is 239 g/mol. The van der Waals surface area contributed by atoms with Gasteiger partial charge in [0, 0.05) is 18.4 Å². The number of nitrogens with two attached hydrogens (primary N) is 1. The highest BCUT2D eigenvalue weighted by Gasteiger charge is 2.24. The molecule has 0 amide bonds. The topological polar surface area (TPSA) is 42.2 Å². The maximum atomic E-state index is 6.05. The Morgan fingerprint density at radius 1 is 1.22 bits per heavy atom. The van der Waals surface area contributed by atoms with Crippen molar-refractivity contribution in [2.45, 2.75) is 13.3 Å². The Labute approximate surface area is 107 Å². The number of pyridine rings is 1. The average Bonchev–Trinajstić information content (AvgIpc) is 2.38. The van der Waals surface area contributed by atoms with Crippen LogP contribution in [0, 0.1) is 5.92 Å². The molecule has 2 N–H and O–H groups in total. The molecule has 1 aromatic carbocycles. The van der Waals surface area contributed by atoms with E-state index in [4.69, 9.17) is 5.73 Å². The number of fused-ring (bicyclic) bond motifs is 1. The first kappa shape index (κ1) is 11.1. The minimum Gasteiger partial charge on any atom is -0.396 e. The van der Waals surface area contributed by atoms with E-state index in [9.17, 15) is 0 Å². The molecule has 1 aromatic heterocycles. The molecule has 3 heteroatoms. The minimum atomic E-state index is 0.612. The second kappa shape index (κ2) is 4.33. The lowest BCUT2D eigenvalue weighted by Crippen LogP contribution is -2.31. The van der Waals surface area contributed by atoms with Crippen LogP contribution in [0.3, 0.4) is 0 Å². The van der Waals surface area contributed by atoms with Crippen molar-refractivity contribution in [1.82, 2.24) is 4.98 Å². The van der Waals surface area contributed by atoms with Gasteiger partial charge in [-0.1, -0.05) is 25.1 Å². The zero-order chi connectivity index (χ0) is 12.5. The molecule has 2 heterocycles. The summed E-state index contributed by atoms with van der Waals surface area (Å²) in [4.78, 5) is 6.67. The summed E-state index contributed by atoms with van der Waals surface area (Å²) >= 11 is 0. The van der Waals surface area contributed by atoms with Gasteiger partial charge in [-0.2, -0.15) is 0 Å². The van der Waals surface area contributed by atoms with Gasteiger partial charge in [-0.05, 0) is 36.1 Å². The number of rotatable bonds is 1. The quantitative estimate of drug-likeness (QED) is 0.831. The van der Waals surface area contributed by atoms with Crippen LogP contribution in [0.25, 0.3) is 0 Å². The van der Waals surface area contributed by atoms with Gasteiger partial charge in [-0.3, -0.25) is 0 Å². The zero-order valence-electron chi connectivity index (χ0n) is 10.5. The van der Waals surface area contributed by atoms with Crippen LogP contribution in [-0.4, -0.2) is 11.5 Å². The molecule has 0 saturated carbocycles. The van der Waals surface area contributed by atoms with Gasteiger partial charge in [-0.25, -0.2) is 4.98 Å². The highest BCUT2D eigenvalue weighted by Crippen LogP contribution is 2.36. The van der Waals surface area contributed by atoms with Crippen molar-refractivity contribution in [3.63, 3.8) is 0 Å². The molecule has 0 radical (unpaired) electrons. The van der Waals surface area contributed by atoms with Crippen LogP contribution >= 0.6 is 0 Å². The number of anilines is 3. The van der Waals surface area contributed by atoms with E-state index in [0.717, 1.165) is 24.5 Å². The fourth-order valence-corrected chi connectivity index (χ4v) is 2.63. The van der Waals surface area contributed by atoms with E-state index in [1.807, 2.05) is 12.1 Å². The lowest BCUT2D eigenvalue weighted by atomic mass is 9.94. The number of hydrogen-bond acceptors (Lipinski definition) is 3. The molecule has 1 aliphatic rings. The molecular formula is C15H17N3. The van der Waals surface area contributed by atoms with Crippen molar-refractivity contribution in [3.05, 3.63) is 48.2 Å². The number of nitrogen functional groups attached to an aromatic ring is 1. The molecule has 1 aliphatic heterocycles. The molecule has 0 saturated heterocycles. The van der Waals surface area contributed by atoms with Gasteiger partial charge in [-0.15, -0.1) is 0 Å². The van der Waals surface area contributed by atoms with Gasteiger partial charge in [0.15, 0.2) is 5.82 Å². The first-order chi connectivity index (χ1) is 8.75. The first-order valence-corrected chi connectivity index (χ1v) is 6.31.